The van der Waals surface area contributed by atoms with Gasteiger partial charge in [-0.05, 0) is 44.5 Å². The van der Waals surface area contributed by atoms with Crippen LogP contribution >= 0.6 is 35.3 Å². The van der Waals surface area contributed by atoms with Gasteiger partial charge >= 0.3 is 0 Å². The molecule has 0 radical (unpaired) electrons. The number of rotatable bonds is 6. The van der Waals surface area contributed by atoms with Gasteiger partial charge in [0.2, 0.25) is 0 Å². The van der Waals surface area contributed by atoms with Crippen molar-refractivity contribution in [3.8, 4) is 5.69 Å². The molecule has 0 aliphatic rings. The molecule has 1 aromatic carbocycles. The highest BCUT2D eigenvalue weighted by Crippen LogP contribution is 2.32. The van der Waals surface area contributed by atoms with E-state index in [0.717, 1.165) is 34.4 Å². The molecule has 1 amide bonds. The summed E-state index contributed by atoms with van der Waals surface area (Å²) in [5.41, 5.74) is 7.16. The Kier molecular flexibility index (Phi) is 6.84. The summed E-state index contributed by atoms with van der Waals surface area (Å²) in [6, 6.07) is 9.45. The number of nitrogens with two attached hydrogens (primary N) is 1. The zero-order valence-electron chi connectivity index (χ0n) is 13.8. The predicted octanol–water partition coefficient (Wildman–Crippen LogP) is 3.94. The normalized spacial score (nSPS) is 10.7. The molecule has 8 heteroatoms. The molecular weight excluding hydrogens is 379 g/mol. The first-order chi connectivity index (χ1) is 11.6. The van der Waals surface area contributed by atoms with Gasteiger partial charge in [0.05, 0.1) is 21.3 Å². The van der Waals surface area contributed by atoms with Crippen LogP contribution in [0.5, 0.6) is 0 Å². The second kappa shape index (κ2) is 8.67. The fourth-order valence-corrected chi connectivity index (χ4v) is 3.81. The van der Waals surface area contributed by atoms with E-state index in [4.69, 9.17) is 17.3 Å². The Hall–Kier alpha value is -1.60. The topological polar surface area (TPSA) is 72.9 Å². The number of hydrogen-bond acceptors (Lipinski definition) is 4. The summed E-state index contributed by atoms with van der Waals surface area (Å²) < 4.78 is 1.81. The van der Waals surface area contributed by atoms with Crippen molar-refractivity contribution < 1.29 is 4.79 Å². The van der Waals surface area contributed by atoms with Crippen LogP contribution in [0, 0.1) is 6.92 Å². The number of hydrogen-bond donors (Lipinski definition) is 2. The number of nitrogens with zero attached hydrogens (tertiary/aromatic N) is 2. The van der Waals surface area contributed by atoms with E-state index in [1.165, 1.54) is 11.3 Å². The molecular formula is C17H20Cl2N4OS. The highest BCUT2D eigenvalue weighted by molar-refractivity contribution is 7.20. The third-order valence-electron chi connectivity index (χ3n) is 3.77. The molecule has 0 atom stereocenters. The maximum absolute atomic E-state index is 12.3. The van der Waals surface area contributed by atoms with Gasteiger partial charge in [0.1, 0.15) is 4.83 Å². The molecule has 25 heavy (non-hydrogen) atoms. The number of halogens is 2. The van der Waals surface area contributed by atoms with E-state index in [1.807, 2.05) is 41.9 Å². The first kappa shape index (κ1) is 19.7. The minimum absolute atomic E-state index is 0. The van der Waals surface area contributed by atoms with Gasteiger partial charge < -0.3 is 11.1 Å². The number of fused-ring (bicyclic) bond motifs is 1. The molecule has 134 valence electrons. The SMILES string of the molecule is Cc1nn(-c2ccccc2Cl)c2sc(C(=O)NCCCCN)cc12.Cl. The van der Waals surface area contributed by atoms with Gasteiger partial charge in [0.25, 0.3) is 5.91 Å². The van der Waals surface area contributed by atoms with Crippen molar-refractivity contribution in [2.45, 2.75) is 19.8 Å². The summed E-state index contributed by atoms with van der Waals surface area (Å²) in [4.78, 5) is 13.9. The molecule has 3 aromatic rings. The summed E-state index contributed by atoms with van der Waals surface area (Å²) in [7, 11) is 0. The zero-order valence-corrected chi connectivity index (χ0v) is 16.2. The van der Waals surface area contributed by atoms with Gasteiger partial charge in [-0.25, -0.2) is 4.68 Å². The number of aryl methyl sites for hydroxylation is 1. The number of amides is 1. The van der Waals surface area contributed by atoms with Gasteiger partial charge in [-0.3, -0.25) is 4.79 Å². The fraction of sp³-hybridized carbons (Fsp3) is 0.294. The van der Waals surface area contributed by atoms with E-state index in [2.05, 4.69) is 10.4 Å². The Balaban J connectivity index is 0.00000225. The number of carbonyl (C=O) groups excluding carboxylic acids is 1. The molecule has 0 unspecified atom stereocenters. The third-order valence-corrected chi connectivity index (χ3v) is 5.19. The third kappa shape index (κ3) is 4.15. The molecule has 2 heterocycles. The average molecular weight is 399 g/mol. The molecule has 0 aliphatic heterocycles. The number of para-hydroxylation sites is 1. The van der Waals surface area contributed by atoms with Crippen molar-refractivity contribution in [2.24, 2.45) is 5.73 Å². The minimum atomic E-state index is -0.0571. The highest BCUT2D eigenvalue weighted by Gasteiger charge is 2.17. The summed E-state index contributed by atoms with van der Waals surface area (Å²) in [6.07, 6.45) is 1.80. The van der Waals surface area contributed by atoms with E-state index in [1.54, 1.807) is 0 Å². The van der Waals surface area contributed by atoms with Gasteiger partial charge in [0, 0.05) is 11.9 Å². The molecule has 0 fully saturated rings. The van der Waals surface area contributed by atoms with E-state index in [-0.39, 0.29) is 18.3 Å². The molecule has 5 nitrogen and oxygen atoms in total. The lowest BCUT2D eigenvalue weighted by atomic mass is 10.3. The molecule has 0 saturated carbocycles. The van der Waals surface area contributed by atoms with Crippen molar-refractivity contribution in [3.05, 3.63) is 45.9 Å². The number of thiophene rings is 1. The Morgan fingerprint density at radius 2 is 2.12 bits per heavy atom. The van der Waals surface area contributed by atoms with Gasteiger partial charge in [-0.1, -0.05) is 23.7 Å². The van der Waals surface area contributed by atoms with Crippen LogP contribution in [0.2, 0.25) is 5.02 Å². The van der Waals surface area contributed by atoms with Crippen molar-refractivity contribution in [2.75, 3.05) is 13.1 Å². The minimum Gasteiger partial charge on any atom is -0.351 e. The lowest BCUT2D eigenvalue weighted by Gasteiger charge is -2.04. The summed E-state index contributed by atoms with van der Waals surface area (Å²) >= 11 is 7.72. The second-order valence-corrected chi connectivity index (χ2v) is 6.97. The van der Waals surface area contributed by atoms with E-state index >= 15 is 0 Å². The highest BCUT2D eigenvalue weighted by atomic mass is 35.5. The largest absolute Gasteiger partial charge is 0.351 e. The number of benzene rings is 1. The molecule has 0 spiro atoms. The van der Waals surface area contributed by atoms with E-state index < -0.39 is 0 Å². The first-order valence-electron chi connectivity index (χ1n) is 7.84. The van der Waals surface area contributed by atoms with Crippen LogP contribution in [0.4, 0.5) is 0 Å². The Morgan fingerprint density at radius 1 is 1.36 bits per heavy atom. The van der Waals surface area contributed by atoms with E-state index in [0.29, 0.717) is 23.0 Å². The van der Waals surface area contributed by atoms with Crippen LogP contribution in [-0.2, 0) is 0 Å². The standard InChI is InChI=1S/C17H19ClN4OS.ClH/c1-11-12-10-15(16(23)20-9-5-4-8-19)24-17(12)22(21-11)14-7-3-2-6-13(14)18;/h2-3,6-7,10H,4-5,8-9,19H2,1H3,(H,20,23);1H. The fourth-order valence-electron chi connectivity index (χ4n) is 2.50. The Morgan fingerprint density at radius 3 is 2.84 bits per heavy atom. The first-order valence-corrected chi connectivity index (χ1v) is 9.03. The lowest BCUT2D eigenvalue weighted by molar-refractivity contribution is 0.0957. The van der Waals surface area contributed by atoms with Crippen LogP contribution in [-0.4, -0.2) is 28.8 Å². The Labute approximate surface area is 161 Å². The van der Waals surface area contributed by atoms with Gasteiger partial charge in [0.15, 0.2) is 0 Å². The summed E-state index contributed by atoms with van der Waals surface area (Å²) in [5.74, 6) is -0.0571. The van der Waals surface area contributed by atoms with Crippen molar-refractivity contribution in [3.63, 3.8) is 0 Å². The number of carbonyl (C=O) groups is 1. The maximum atomic E-state index is 12.3. The van der Waals surface area contributed by atoms with Crippen molar-refractivity contribution >= 4 is 51.5 Å². The molecule has 0 bridgehead atoms. The summed E-state index contributed by atoms with van der Waals surface area (Å²) in [6.45, 7) is 3.22. The van der Waals surface area contributed by atoms with Crippen LogP contribution in [0.15, 0.2) is 30.3 Å². The lowest BCUT2D eigenvalue weighted by Crippen LogP contribution is -2.24. The molecule has 3 N–H and O–H groups in total. The molecule has 0 aliphatic carbocycles. The van der Waals surface area contributed by atoms with Gasteiger partial charge in [-0.2, -0.15) is 5.10 Å². The quantitative estimate of drug-likeness (QED) is 0.617. The van der Waals surface area contributed by atoms with E-state index in [9.17, 15) is 4.79 Å². The Bertz CT molecular complexity index is 875. The molecule has 3 rings (SSSR count). The maximum Gasteiger partial charge on any atom is 0.261 e. The zero-order chi connectivity index (χ0) is 17.1. The number of aromatic nitrogens is 2. The summed E-state index contributed by atoms with van der Waals surface area (Å²) in [5, 5.41) is 9.11. The van der Waals surface area contributed by atoms with Crippen molar-refractivity contribution in [1.29, 1.82) is 0 Å². The molecule has 2 aromatic heterocycles. The smallest absolute Gasteiger partial charge is 0.261 e. The van der Waals surface area contributed by atoms with Crippen molar-refractivity contribution in [1.82, 2.24) is 15.1 Å². The number of nitrogens with one attached hydrogen (secondary N) is 1. The van der Waals surface area contributed by atoms with Crippen LogP contribution < -0.4 is 11.1 Å². The van der Waals surface area contributed by atoms with Crippen LogP contribution in [0.25, 0.3) is 15.9 Å². The predicted molar refractivity (Wildman–Crippen MR) is 107 cm³/mol. The number of unbranched alkanes of at least 4 members (excludes halogenated alkanes) is 1. The average Bonchev–Trinajstić information content (AvgIpc) is 3.13. The molecule has 0 saturated heterocycles. The van der Waals surface area contributed by atoms with Gasteiger partial charge in [-0.15, -0.1) is 23.7 Å². The second-order valence-electron chi connectivity index (χ2n) is 5.53. The van der Waals surface area contributed by atoms with Crippen LogP contribution in [0.3, 0.4) is 0 Å². The monoisotopic (exact) mass is 398 g/mol. The van der Waals surface area contributed by atoms with Crippen LogP contribution in [0.1, 0.15) is 28.2 Å².